The van der Waals surface area contributed by atoms with Crippen LogP contribution in [-0.4, -0.2) is 46.9 Å². The van der Waals surface area contributed by atoms with Gasteiger partial charge in [-0.1, -0.05) is 18.9 Å². The number of hydrogen-bond acceptors (Lipinski definition) is 8. The van der Waals surface area contributed by atoms with Gasteiger partial charge in [0.15, 0.2) is 17.2 Å². The topological polar surface area (TPSA) is 111 Å². The number of aromatic amines is 1. The number of ether oxygens (including phenoxy) is 3. The molecule has 30 heavy (non-hydrogen) atoms. The minimum atomic E-state index is -0.345. The number of methoxy groups -OCH3 is 2. The number of fused-ring (bicyclic) bond motifs is 1. The Bertz CT molecular complexity index is 1040. The van der Waals surface area contributed by atoms with E-state index in [-0.39, 0.29) is 18.0 Å². The van der Waals surface area contributed by atoms with Gasteiger partial charge in [0.25, 0.3) is 11.9 Å². The van der Waals surface area contributed by atoms with Crippen LogP contribution in [0.4, 0.5) is 5.95 Å². The summed E-state index contributed by atoms with van der Waals surface area (Å²) < 4.78 is 18.2. The second-order valence-corrected chi connectivity index (χ2v) is 8.71. The highest BCUT2D eigenvalue weighted by molar-refractivity contribution is 7.21. The normalized spacial score (nSPS) is 21.4. The minimum Gasteiger partial charge on any atom is -0.493 e. The Morgan fingerprint density at radius 2 is 1.93 bits per heavy atom. The van der Waals surface area contributed by atoms with E-state index >= 15 is 0 Å². The highest BCUT2D eigenvalue weighted by Gasteiger charge is 2.29. The first-order valence-electron chi connectivity index (χ1n) is 9.90. The van der Waals surface area contributed by atoms with Crippen molar-refractivity contribution >= 4 is 33.3 Å². The van der Waals surface area contributed by atoms with Crippen LogP contribution < -0.4 is 19.5 Å². The Kier molecular flexibility index (Phi) is 5.76. The van der Waals surface area contributed by atoms with Gasteiger partial charge in [-0.05, 0) is 42.4 Å². The van der Waals surface area contributed by atoms with E-state index in [9.17, 15) is 4.79 Å². The van der Waals surface area contributed by atoms with Crippen LogP contribution >= 0.6 is 11.3 Å². The number of anilines is 1. The van der Waals surface area contributed by atoms with Crippen LogP contribution in [0.3, 0.4) is 0 Å². The summed E-state index contributed by atoms with van der Waals surface area (Å²) in [5.74, 6) is 2.76. The maximum Gasteiger partial charge on any atom is 0.272 e. The molecule has 1 saturated carbocycles. The van der Waals surface area contributed by atoms with Crippen LogP contribution in [0.25, 0.3) is 10.1 Å². The average Bonchev–Trinajstić information content (AvgIpc) is 3.37. The van der Waals surface area contributed by atoms with Gasteiger partial charge in [-0.2, -0.15) is 5.21 Å². The smallest absolute Gasteiger partial charge is 0.272 e. The van der Waals surface area contributed by atoms with Crippen molar-refractivity contribution in [2.45, 2.75) is 39.2 Å². The van der Waals surface area contributed by atoms with Crippen molar-refractivity contribution in [1.82, 2.24) is 20.6 Å². The van der Waals surface area contributed by atoms with Crippen LogP contribution in [0.5, 0.6) is 17.2 Å². The summed E-state index contributed by atoms with van der Waals surface area (Å²) in [5, 5.41) is 16.9. The molecule has 0 spiro atoms. The van der Waals surface area contributed by atoms with Gasteiger partial charge < -0.3 is 14.2 Å². The van der Waals surface area contributed by atoms with Crippen molar-refractivity contribution < 1.29 is 19.0 Å². The number of rotatable bonds is 6. The van der Waals surface area contributed by atoms with Crippen LogP contribution in [0.15, 0.2) is 12.1 Å². The molecule has 2 aromatic heterocycles. The Morgan fingerprint density at radius 1 is 1.17 bits per heavy atom. The van der Waals surface area contributed by atoms with Gasteiger partial charge >= 0.3 is 0 Å². The summed E-state index contributed by atoms with van der Waals surface area (Å²) in [6.45, 7) is 4.53. The zero-order valence-electron chi connectivity index (χ0n) is 17.4. The Morgan fingerprint density at radius 3 is 2.60 bits per heavy atom. The van der Waals surface area contributed by atoms with E-state index in [1.807, 2.05) is 12.1 Å². The van der Waals surface area contributed by atoms with E-state index < -0.39 is 0 Å². The predicted octanol–water partition coefficient (Wildman–Crippen LogP) is 3.89. The van der Waals surface area contributed by atoms with E-state index in [4.69, 9.17) is 14.2 Å². The molecular weight excluding hydrogens is 406 g/mol. The van der Waals surface area contributed by atoms with E-state index in [1.54, 1.807) is 14.2 Å². The first kappa shape index (κ1) is 20.4. The molecule has 1 aromatic carbocycles. The third kappa shape index (κ3) is 3.91. The van der Waals surface area contributed by atoms with Gasteiger partial charge in [-0.25, -0.2) is 0 Å². The number of tetrazole rings is 1. The first-order chi connectivity index (χ1) is 14.5. The molecule has 1 aliphatic carbocycles. The number of hydrogen-bond donors (Lipinski definition) is 2. The molecule has 10 heteroatoms. The van der Waals surface area contributed by atoms with Gasteiger partial charge in [-0.15, -0.1) is 16.4 Å². The molecule has 4 rings (SSSR count). The van der Waals surface area contributed by atoms with Crippen molar-refractivity contribution in [3.63, 3.8) is 0 Å². The molecule has 2 heterocycles. The fraction of sp³-hybridized carbons (Fsp3) is 0.500. The van der Waals surface area contributed by atoms with Gasteiger partial charge in [-0.3, -0.25) is 10.1 Å². The average molecular weight is 432 g/mol. The highest BCUT2D eigenvalue weighted by atomic mass is 32.1. The van der Waals surface area contributed by atoms with Crippen LogP contribution in [0.1, 0.15) is 42.8 Å². The number of thiophene rings is 1. The number of nitrogens with zero attached hydrogens (tertiary/aromatic N) is 3. The van der Waals surface area contributed by atoms with Crippen LogP contribution in [-0.2, 0) is 0 Å². The van der Waals surface area contributed by atoms with Gasteiger partial charge in [0.2, 0.25) is 0 Å². The molecule has 0 bridgehead atoms. The SMILES string of the molecule is COc1cc2sc(C(=O)Nc3nn[nH]n3)c(OC3CCC(C)C(C)C3)c2cc1OC. The predicted molar refractivity (Wildman–Crippen MR) is 114 cm³/mol. The fourth-order valence-corrected chi connectivity index (χ4v) is 4.85. The largest absolute Gasteiger partial charge is 0.493 e. The Balaban J connectivity index is 1.74. The van der Waals surface area contributed by atoms with E-state index in [2.05, 4.69) is 39.8 Å². The second kappa shape index (κ2) is 8.47. The number of H-pyrrole nitrogens is 1. The Labute approximate surface area is 178 Å². The molecule has 3 unspecified atom stereocenters. The number of nitrogens with one attached hydrogen (secondary N) is 2. The maximum atomic E-state index is 13.0. The third-order valence-electron chi connectivity index (χ3n) is 5.76. The van der Waals surface area contributed by atoms with Gasteiger partial charge in [0, 0.05) is 16.2 Å². The van der Waals surface area contributed by atoms with Gasteiger partial charge in [0.1, 0.15) is 4.88 Å². The molecule has 3 atom stereocenters. The monoisotopic (exact) mass is 431 g/mol. The quantitative estimate of drug-likeness (QED) is 0.609. The van der Waals surface area contributed by atoms with Crippen molar-refractivity contribution in [2.75, 3.05) is 19.5 Å². The molecule has 9 nitrogen and oxygen atoms in total. The summed E-state index contributed by atoms with van der Waals surface area (Å²) >= 11 is 1.33. The van der Waals surface area contributed by atoms with E-state index in [0.29, 0.717) is 34.0 Å². The number of benzene rings is 1. The molecule has 1 fully saturated rings. The lowest BCUT2D eigenvalue weighted by Crippen LogP contribution is -2.29. The van der Waals surface area contributed by atoms with E-state index in [1.165, 1.54) is 11.3 Å². The summed E-state index contributed by atoms with van der Waals surface area (Å²) in [6.07, 6.45) is 3.08. The molecule has 0 saturated heterocycles. The highest BCUT2D eigenvalue weighted by Crippen LogP contribution is 2.45. The summed E-state index contributed by atoms with van der Waals surface area (Å²) in [5.41, 5.74) is 0. The second-order valence-electron chi connectivity index (χ2n) is 7.66. The number of carbonyl (C=O) groups is 1. The van der Waals surface area contributed by atoms with Gasteiger partial charge in [0.05, 0.1) is 20.3 Å². The van der Waals surface area contributed by atoms with Crippen molar-refractivity contribution in [3.8, 4) is 17.2 Å². The molecule has 3 aromatic rings. The van der Waals surface area contributed by atoms with Crippen LogP contribution in [0, 0.1) is 11.8 Å². The summed E-state index contributed by atoms with van der Waals surface area (Å²) in [7, 11) is 3.17. The summed E-state index contributed by atoms with van der Waals surface area (Å²) in [4.78, 5) is 13.5. The zero-order valence-corrected chi connectivity index (χ0v) is 18.2. The standard InChI is InChI=1S/C20H25N5O4S/c1-10-5-6-12(7-11(10)2)29-17-13-8-14(27-3)15(28-4)9-16(13)30-18(17)19(26)21-20-22-24-25-23-20/h8-12H,5-7H2,1-4H3,(H2,21,22,23,24,25,26). The lowest BCUT2D eigenvalue weighted by Gasteiger charge is -2.32. The Hall–Kier alpha value is -2.88. The van der Waals surface area contributed by atoms with Crippen molar-refractivity contribution in [3.05, 3.63) is 17.0 Å². The zero-order chi connectivity index (χ0) is 21.3. The molecule has 160 valence electrons. The minimum absolute atomic E-state index is 0.0545. The summed E-state index contributed by atoms with van der Waals surface area (Å²) in [6, 6.07) is 3.72. The number of aromatic nitrogens is 4. The lowest BCUT2D eigenvalue weighted by molar-refractivity contribution is 0.0959. The maximum absolute atomic E-state index is 13.0. The van der Waals surface area contributed by atoms with Crippen molar-refractivity contribution in [2.24, 2.45) is 11.8 Å². The lowest BCUT2D eigenvalue weighted by atomic mass is 9.80. The van der Waals surface area contributed by atoms with E-state index in [0.717, 1.165) is 29.3 Å². The first-order valence-corrected chi connectivity index (χ1v) is 10.7. The fourth-order valence-electron chi connectivity index (χ4n) is 3.81. The number of carbonyl (C=O) groups excluding carboxylic acids is 1. The van der Waals surface area contributed by atoms with Crippen molar-refractivity contribution in [1.29, 1.82) is 0 Å². The number of amides is 1. The molecule has 1 aliphatic rings. The molecular formula is C20H25N5O4S. The third-order valence-corrected chi connectivity index (χ3v) is 6.89. The van der Waals surface area contributed by atoms with Crippen LogP contribution in [0.2, 0.25) is 0 Å². The molecule has 0 radical (unpaired) electrons. The molecule has 2 N–H and O–H groups in total. The molecule has 0 aliphatic heterocycles. The molecule has 1 amide bonds.